The minimum absolute atomic E-state index is 0.140. The van der Waals surface area contributed by atoms with Crippen LogP contribution in [0.4, 0.5) is 0 Å². The topological polar surface area (TPSA) is 86.5 Å². The zero-order valence-electron chi connectivity index (χ0n) is 15.3. The molecule has 3 aromatic rings. The first-order chi connectivity index (χ1) is 12.5. The van der Waals surface area contributed by atoms with Crippen molar-refractivity contribution in [2.75, 3.05) is 13.7 Å². The summed E-state index contributed by atoms with van der Waals surface area (Å²) in [6, 6.07) is 7.52. The SMILES string of the molecule is COc1cccc(CNC(=O)COc2nc(C)nc3oc(C)c(C)c23)c1. The highest BCUT2D eigenvalue weighted by atomic mass is 16.5. The van der Waals surface area contributed by atoms with Gasteiger partial charge in [-0.2, -0.15) is 9.97 Å². The zero-order chi connectivity index (χ0) is 18.7. The number of methoxy groups -OCH3 is 1. The van der Waals surface area contributed by atoms with E-state index >= 15 is 0 Å². The summed E-state index contributed by atoms with van der Waals surface area (Å²) in [4.78, 5) is 20.7. The largest absolute Gasteiger partial charge is 0.497 e. The standard InChI is InChI=1S/C19H21N3O4/c1-11-12(2)26-19-17(11)18(21-13(3)22-19)25-10-16(23)20-9-14-6-5-7-15(8-14)24-4/h5-8H,9-10H2,1-4H3,(H,20,23). The molecule has 1 aromatic carbocycles. The lowest BCUT2D eigenvalue weighted by atomic mass is 10.2. The molecular formula is C19H21N3O4. The number of amides is 1. The maximum absolute atomic E-state index is 12.1. The van der Waals surface area contributed by atoms with E-state index in [9.17, 15) is 4.79 Å². The molecule has 2 aromatic heterocycles. The number of nitrogens with zero attached hydrogens (tertiary/aromatic N) is 2. The van der Waals surface area contributed by atoms with E-state index in [1.165, 1.54) is 0 Å². The molecule has 0 bridgehead atoms. The zero-order valence-corrected chi connectivity index (χ0v) is 15.3. The van der Waals surface area contributed by atoms with Gasteiger partial charge in [-0.05, 0) is 38.5 Å². The minimum atomic E-state index is -0.241. The Balaban J connectivity index is 1.65. The summed E-state index contributed by atoms with van der Waals surface area (Å²) in [5, 5.41) is 3.52. The van der Waals surface area contributed by atoms with E-state index in [2.05, 4.69) is 15.3 Å². The molecule has 0 saturated carbocycles. The van der Waals surface area contributed by atoms with Crippen LogP contribution in [0.3, 0.4) is 0 Å². The molecule has 2 heterocycles. The Kier molecular flexibility index (Phi) is 5.06. The number of fused-ring (bicyclic) bond motifs is 1. The van der Waals surface area contributed by atoms with Gasteiger partial charge in [0.05, 0.1) is 7.11 Å². The number of ether oxygens (including phenoxy) is 2. The monoisotopic (exact) mass is 355 g/mol. The van der Waals surface area contributed by atoms with Crippen LogP contribution in [0.25, 0.3) is 11.1 Å². The predicted molar refractivity (Wildman–Crippen MR) is 96.4 cm³/mol. The van der Waals surface area contributed by atoms with Crippen LogP contribution in [-0.2, 0) is 11.3 Å². The second-order valence-corrected chi connectivity index (χ2v) is 5.96. The lowest BCUT2D eigenvalue weighted by Gasteiger charge is -2.09. The minimum Gasteiger partial charge on any atom is -0.497 e. The molecule has 3 rings (SSSR count). The van der Waals surface area contributed by atoms with E-state index in [0.717, 1.165) is 22.6 Å². The second kappa shape index (κ2) is 7.43. The van der Waals surface area contributed by atoms with Crippen molar-refractivity contribution in [3.05, 3.63) is 47.0 Å². The Bertz CT molecular complexity index is 949. The average molecular weight is 355 g/mol. The van der Waals surface area contributed by atoms with Crippen LogP contribution in [0.5, 0.6) is 11.6 Å². The van der Waals surface area contributed by atoms with E-state index in [1.807, 2.05) is 38.1 Å². The van der Waals surface area contributed by atoms with Crippen molar-refractivity contribution in [2.45, 2.75) is 27.3 Å². The average Bonchev–Trinajstić information content (AvgIpc) is 2.91. The number of aryl methyl sites for hydroxylation is 3. The molecule has 0 spiro atoms. The van der Waals surface area contributed by atoms with Gasteiger partial charge in [0.2, 0.25) is 11.6 Å². The van der Waals surface area contributed by atoms with Gasteiger partial charge in [-0.1, -0.05) is 12.1 Å². The smallest absolute Gasteiger partial charge is 0.258 e. The summed E-state index contributed by atoms with van der Waals surface area (Å²) in [5.41, 5.74) is 2.32. The van der Waals surface area contributed by atoms with Crippen molar-refractivity contribution < 1.29 is 18.7 Å². The third kappa shape index (κ3) is 3.77. The van der Waals surface area contributed by atoms with Gasteiger partial charge in [-0.25, -0.2) is 0 Å². The molecule has 0 radical (unpaired) electrons. The molecule has 0 aliphatic rings. The van der Waals surface area contributed by atoms with Gasteiger partial charge in [0.1, 0.15) is 22.7 Å². The Morgan fingerprint density at radius 1 is 1.23 bits per heavy atom. The van der Waals surface area contributed by atoms with Crippen molar-refractivity contribution in [1.82, 2.24) is 15.3 Å². The summed E-state index contributed by atoms with van der Waals surface area (Å²) in [5.74, 6) is 2.15. The number of benzene rings is 1. The molecule has 0 fully saturated rings. The maximum Gasteiger partial charge on any atom is 0.258 e. The highest BCUT2D eigenvalue weighted by molar-refractivity contribution is 5.84. The molecular weight excluding hydrogens is 334 g/mol. The highest BCUT2D eigenvalue weighted by Gasteiger charge is 2.17. The molecule has 7 heteroatoms. The van der Waals surface area contributed by atoms with Gasteiger partial charge < -0.3 is 19.2 Å². The Morgan fingerprint density at radius 3 is 2.81 bits per heavy atom. The van der Waals surface area contributed by atoms with E-state index in [4.69, 9.17) is 13.9 Å². The Morgan fingerprint density at radius 2 is 2.04 bits per heavy atom. The lowest BCUT2D eigenvalue weighted by Crippen LogP contribution is -2.28. The summed E-state index contributed by atoms with van der Waals surface area (Å²) < 4.78 is 16.4. The first-order valence-corrected chi connectivity index (χ1v) is 8.24. The Labute approximate surface area is 151 Å². The van der Waals surface area contributed by atoms with Gasteiger partial charge in [0.25, 0.3) is 5.91 Å². The third-order valence-corrected chi connectivity index (χ3v) is 4.07. The van der Waals surface area contributed by atoms with Crippen LogP contribution >= 0.6 is 0 Å². The fourth-order valence-electron chi connectivity index (χ4n) is 2.59. The van der Waals surface area contributed by atoms with Crippen LogP contribution in [0.2, 0.25) is 0 Å². The molecule has 26 heavy (non-hydrogen) atoms. The van der Waals surface area contributed by atoms with Gasteiger partial charge in [0, 0.05) is 12.1 Å². The number of furan rings is 1. The second-order valence-electron chi connectivity index (χ2n) is 5.96. The number of hydrogen-bond acceptors (Lipinski definition) is 6. The van der Waals surface area contributed by atoms with E-state index in [1.54, 1.807) is 14.0 Å². The summed E-state index contributed by atoms with van der Waals surface area (Å²) >= 11 is 0. The number of aromatic nitrogens is 2. The van der Waals surface area contributed by atoms with Crippen LogP contribution in [-0.4, -0.2) is 29.6 Å². The van der Waals surface area contributed by atoms with E-state index < -0.39 is 0 Å². The summed E-state index contributed by atoms with van der Waals surface area (Å²) in [6.45, 7) is 5.77. The molecule has 1 N–H and O–H groups in total. The van der Waals surface area contributed by atoms with Crippen molar-refractivity contribution in [3.8, 4) is 11.6 Å². The van der Waals surface area contributed by atoms with E-state index in [-0.39, 0.29) is 12.5 Å². The maximum atomic E-state index is 12.1. The van der Waals surface area contributed by atoms with Crippen LogP contribution < -0.4 is 14.8 Å². The first-order valence-electron chi connectivity index (χ1n) is 8.24. The highest BCUT2D eigenvalue weighted by Crippen LogP contribution is 2.30. The third-order valence-electron chi connectivity index (χ3n) is 4.07. The molecule has 136 valence electrons. The quantitative estimate of drug-likeness (QED) is 0.732. The first kappa shape index (κ1) is 17.7. The van der Waals surface area contributed by atoms with E-state index in [0.29, 0.717) is 29.3 Å². The van der Waals surface area contributed by atoms with Gasteiger partial charge in [-0.3, -0.25) is 4.79 Å². The number of rotatable bonds is 6. The van der Waals surface area contributed by atoms with Crippen molar-refractivity contribution >= 4 is 17.0 Å². The molecule has 7 nitrogen and oxygen atoms in total. The van der Waals surface area contributed by atoms with Gasteiger partial charge >= 0.3 is 0 Å². The summed E-state index contributed by atoms with van der Waals surface area (Å²) in [7, 11) is 1.61. The lowest BCUT2D eigenvalue weighted by molar-refractivity contribution is -0.123. The van der Waals surface area contributed by atoms with Crippen molar-refractivity contribution in [2.24, 2.45) is 0 Å². The van der Waals surface area contributed by atoms with Crippen molar-refractivity contribution in [3.63, 3.8) is 0 Å². The number of carbonyl (C=O) groups is 1. The fraction of sp³-hybridized carbons (Fsp3) is 0.316. The molecule has 0 unspecified atom stereocenters. The van der Waals surface area contributed by atoms with Gasteiger partial charge in [0.15, 0.2) is 6.61 Å². The van der Waals surface area contributed by atoms with Gasteiger partial charge in [-0.15, -0.1) is 0 Å². The van der Waals surface area contributed by atoms with Crippen molar-refractivity contribution in [1.29, 1.82) is 0 Å². The number of nitrogens with one attached hydrogen (secondary N) is 1. The Hall–Kier alpha value is -3.09. The van der Waals surface area contributed by atoms with Crippen LogP contribution in [0, 0.1) is 20.8 Å². The molecule has 0 aliphatic carbocycles. The predicted octanol–water partition coefficient (Wildman–Crippen LogP) is 2.85. The molecule has 0 atom stereocenters. The molecule has 0 saturated heterocycles. The van der Waals surface area contributed by atoms with Crippen LogP contribution in [0.15, 0.2) is 28.7 Å². The fourth-order valence-corrected chi connectivity index (χ4v) is 2.59. The molecule has 0 aliphatic heterocycles. The number of hydrogen-bond donors (Lipinski definition) is 1. The number of carbonyl (C=O) groups excluding carboxylic acids is 1. The normalized spacial score (nSPS) is 10.8. The summed E-state index contributed by atoms with van der Waals surface area (Å²) in [6.07, 6.45) is 0. The molecule has 1 amide bonds. The van der Waals surface area contributed by atoms with Crippen LogP contribution in [0.1, 0.15) is 22.7 Å².